The highest BCUT2D eigenvalue weighted by Gasteiger charge is 2.18. The van der Waals surface area contributed by atoms with Crippen molar-refractivity contribution in [1.29, 1.82) is 0 Å². The minimum absolute atomic E-state index is 0.159. The van der Waals surface area contributed by atoms with Crippen LogP contribution in [0.3, 0.4) is 0 Å². The Hall–Kier alpha value is -1.26. The van der Waals surface area contributed by atoms with E-state index in [2.05, 4.69) is 27.9 Å². The third-order valence-corrected chi connectivity index (χ3v) is 4.72. The van der Waals surface area contributed by atoms with Crippen LogP contribution in [0.1, 0.15) is 64.7 Å². The van der Waals surface area contributed by atoms with Crippen LogP contribution in [0.25, 0.3) is 0 Å². The van der Waals surface area contributed by atoms with Crippen LogP contribution in [0.5, 0.6) is 0 Å². The lowest BCUT2D eigenvalue weighted by Gasteiger charge is -2.25. The molecule has 0 aromatic heterocycles. The maximum Gasteiger partial charge on any atom is 0.220 e. The van der Waals surface area contributed by atoms with Crippen LogP contribution < -0.4 is 16.0 Å². The summed E-state index contributed by atoms with van der Waals surface area (Å²) in [5, 5.41) is 9.64. The molecule has 1 aliphatic heterocycles. The van der Waals surface area contributed by atoms with Crippen LogP contribution in [-0.4, -0.2) is 37.5 Å². The number of piperidine rings is 1. The second-order valence-electron chi connectivity index (χ2n) is 6.59. The van der Waals surface area contributed by atoms with Crippen LogP contribution in [-0.2, 0) is 4.79 Å². The molecule has 0 radical (unpaired) electrons. The van der Waals surface area contributed by atoms with Crippen molar-refractivity contribution in [3.8, 4) is 0 Å². The average molecular weight is 308 g/mol. The second-order valence-corrected chi connectivity index (χ2v) is 6.59. The summed E-state index contributed by atoms with van der Waals surface area (Å²) in [5.41, 5.74) is 0. The highest BCUT2D eigenvalue weighted by atomic mass is 16.1. The van der Waals surface area contributed by atoms with Gasteiger partial charge in [0.1, 0.15) is 0 Å². The molecular weight excluding hydrogens is 276 g/mol. The first-order valence-corrected chi connectivity index (χ1v) is 9.09. The van der Waals surface area contributed by atoms with E-state index in [1.165, 1.54) is 44.9 Å². The molecule has 2 rings (SSSR count). The van der Waals surface area contributed by atoms with Gasteiger partial charge in [-0.3, -0.25) is 9.79 Å². The predicted molar refractivity (Wildman–Crippen MR) is 91.0 cm³/mol. The van der Waals surface area contributed by atoms with Crippen molar-refractivity contribution < 1.29 is 4.79 Å². The summed E-state index contributed by atoms with van der Waals surface area (Å²) < 4.78 is 0. The molecule has 5 nitrogen and oxygen atoms in total. The topological polar surface area (TPSA) is 65.5 Å². The summed E-state index contributed by atoms with van der Waals surface area (Å²) in [6, 6.07) is 0.300. The van der Waals surface area contributed by atoms with Crippen molar-refractivity contribution >= 4 is 11.9 Å². The number of amides is 1. The van der Waals surface area contributed by atoms with Gasteiger partial charge >= 0.3 is 0 Å². The maximum absolute atomic E-state index is 11.2. The minimum Gasteiger partial charge on any atom is -0.357 e. The second kappa shape index (κ2) is 9.70. The Morgan fingerprint density at radius 1 is 1.27 bits per heavy atom. The van der Waals surface area contributed by atoms with E-state index in [1.54, 1.807) is 0 Å². The molecule has 22 heavy (non-hydrogen) atoms. The Balaban J connectivity index is 1.64. The number of hydrogen-bond donors (Lipinski definition) is 3. The highest BCUT2D eigenvalue weighted by Crippen LogP contribution is 2.28. The van der Waals surface area contributed by atoms with Crippen molar-refractivity contribution in [1.82, 2.24) is 16.0 Å². The average Bonchev–Trinajstić information content (AvgIpc) is 3.02. The molecule has 0 aromatic carbocycles. The zero-order valence-electron chi connectivity index (χ0n) is 14.0. The van der Waals surface area contributed by atoms with Crippen molar-refractivity contribution in [2.24, 2.45) is 10.9 Å². The Morgan fingerprint density at radius 2 is 2.09 bits per heavy atom. The molecule has 1 amide bonds. The highest BCUT2D eigenvalue weighted by molar-refractivity contribution is 5.81. The largest absolute Gasteiger partial charge is 0.357 e. The number of aliphatic imine (C=N–C) groups is 1. The first kappa shape index (κ1) is 17.1. The number of nitrogens with one attached hydrogen (secondary N) is 3. The molecule has 5 heteroatoms. The number of nitrogens with zero attached hydrogens (tertiary/aromatic N) is 1. The summed E-state index contributed by atoms with van der Waals surface area (Å²) in [7, 11) is 0. The number of carbonyl (C=O) groups excluding carboxylic acids is 1. The SMILES string of the molecule is CCNC(=NCCCCC1CCCC1)NC1CCC(=O)NC1. The van der Waals surface area contributed by atoms with Gasteiger partial charge in [0.2, 0.25) is 5.91 Å². The Labute approximate surface area is 134 Å². The van der Waals surface area contributed by atoms with Gasteiger partial charge in [0.25, 0.3) is 0 Å². The lowest BCUT2D eigenvalue weighted by Crippen LogP contribution is -2.51. The Morgan fingerprint density at radius 3 is 2.77 bits per heavy atom. The number of unbranched alkanes of at least 4 members (excludes halogenated alkanes) is 1. The van der Waals surface area contributed by atoms with E-state index in [0.717, 1.165) is 31.4 Å². The molecule has 126 valence electrons. The summed E-state index contributed by atoms with van der Waals surface area (Å²) in [4.78, 5) is 15.9. The zero-order valence-corrected chi connectivity index (χ0v) is 14.0. The quantitative estimate of drug-likeness (QED) is 0.384. The lowest BCUT2D eigenvalue weighted by molar-refractivity contribution is -0.122. The van der Waals surface area contributed by atoms with E-state index >= 15 is 0 Å². The normalized spacial score (nSPS) is 23.4. The van der Waals surface area contributed by atoms with E-state index in [4.69, 9.17) is 0 Å². The minimum atomic E-state index is 0.159. The van der Waals surface area contributed by atoms with Crippen LogP contribution in [0.4, 0.5) is 0 Å². The van der Waals surface area contributed by atoms with Crippen LogP contribution in [0.15, 0.2) is 4.99 Å². The van der Waals surface area contributed by atoms with Gasteiger partial charge in [0, 0.05) is 32.1 Å². The molecule has 0 spiro atoms. The maximum atomic E-state index is 11.2. The molecule has 1 heterocycles. The van der Waals surface area contributed by atoms with Crippen LogP contribution >= 0.6 is 0 Å². The van der Waals surface area contributed by atoms with Crippen molar-refractivity contribution in [2.45, 2.75) is 70.8 Å². The fourth-order valence-electron chi connectivity index (χ4n) is 3.40. The van der Waals surface area contributed by atoms with Crippen LogP contribution in [0, 0.1) is 5.92 Å². The summed E-state index contributed by atoms with van der Waals surface area (Å²) in [6.07, 6.45) is 11.1. The van der Waals surface area contributed by atoms with Crippen molar-refractivity contribution in [2.75, 3.05) is 19.6 Å². The summed E-state index contributed by atoms with van der Waals surface area (Å²) in [6.45, 7) is 4.54. The van der Waals surface area contributed by atoms with E-state index < -0.39 is 0 Å². The first-order valence-electron chi connectivity index (χ1n) is 9.09. The third kappa shape index (κ3) is 6.24. The molecule has 3 N–H and O–H groups in total. The van der Waals surface area contributed by atoms with Crippen molar-refractivity contribution in [3.63, 3.8) is 0 Å². The van der Waals surface area contributed by atoms with Gasteiger partial charge in [0.05, 0.1) is 0 Å². The van der Waals surface area contributed by atoms with Gasteiger partial charge in [-0.05, 0) is 25.7 Å². The van der Waals surface area contributed by atoms with Crippen LogP contribution in [0.2, 0.25) is 0 Å². The predicted octanol–water partition coefficient (Wildman–Crippen LogP) is 2.18. The molecule has 0 bridgehead atoms. The standard InChI is InChI=1S/C17H32N4O/c1-2-18-17(21-15-10-11-16(22)20-13-15)19-12-6-5-9-14-7-3-4-8-14/h14-15H,2-13H2,1H3,(H,20,22)(H2,18,19,21). The fraction of sp³-hybridized carbons (Fsp3) is 0.882. The van der Waals surface area contributed by atoms with Gasteiger partial charge in [0.15, 0.2) is 5.96 Å². The Bertz CT molecular complexity index is 354. The van der Waals surface area contributed by atoms with E-state index in [1.807, 2.05) is 0 Å². The van der Waals surface area contributed by atoms with E-state index in [9.17, 15) is 4.79 Å². The summed E-state index contributed by atoms with van der Waals surface area (Å²) in [5.74, 6) is 2.04. The molecule has 2 fully saturated rings. The van der Waals surface area contributed by atoms with Gasteiger partial charge in [-0.25, -0.2) is 0 Å². The molecule has 0 aromatic rings. The molecule has 1 aliphatic carbocycles. The van der Waals surface area contributed by atoms with Gasteiger partial charge in [-0.15, -0.1) is 0 Å². The number of carbonyl (C=O) groups is 1. The molecule has 1 saturated heterocycles. The molecule has 1 atom stereocenters. The monoisotopic (exact) mass is 308 g/mol. The first-order chi connectivity index (χ1) is 10.8. The molecule has 2 aliphatic rings. The molecular formula is C17H32N4O. The van der Waals surface area contributed by atoms with E-state index in [-0.39, 0.29) is 5.91 Å². The smallest absolute Gasteiger partial charge is 0.220 e. The molecule has 1 unspecified atom stereocenters. The van der Waals surface area contributed by atoms with Gasteiger partial charge < -0.3 is 16.0 Å². The number of rotatable bonds is 7. The van der Waals surface area contributed by atoms with Gasteiger partial charge in [-0.2, -0.15) is 0 Å². The fourth-order valence-corrected chi connectivity index (χ4v) is 3.40. The lowest BCUT2D eigenvalue weighted by atomic mass is 10.0. The third-order valence-electron chi connectivity index (χ3n) is 4.72. The van der Waals surface area contributed by atoms with Crippen molar-refractivity contribution in [3.05, 3.63) is 0 Å². The Kier molecular flexibility index (Phi) is 7.54. The number of hydrogen-bond acceptors (Lipinski definition) is 2. The summed E-state index contributed by atoms with van der Waals surface area (Å²) >= 11 is 0. The molecule has 1 saturated carbocycles. The number of guanidine groups is 1. The van der Waals surface area contributed by atoms with Gasteiger partial charge in [-0.1, -0.05) is 38.5 Å². The zero-order chi connectivity index (χ0) is 15.6. The van der Waals surface area contributed by atoms with E-state index in [0.29, 0.717) is 19.0 Å².